The average molecular weight is 1040 g/mol. The van der Waals surface area contributed by atoms with Gasteiger partial charge in [0.25, 0.3) is 0 Å². The summed E-state index contributed by atoms with van der Waals surface area (Å²) in [7, 11) is -4.75. The summed E-state index contributed by atoms with van der Waals surface area (Å²) in [6.45, 7) is 4.55. The number of allylic oxidation sites excluding steroid dienone is 10. The molecule has 0 aromatic rings. The van der Waals surface area contributed by atoms with Crippen LogP contribution in [0.4, 0.5) is 0 Å². The predicted octanol–water partition coefficient (Wildman–Crippen LogP) is 17.1. The van der Waals surface area contributed by atoms with E-state index >= 15 is 0 Å². The lowest BCUT2D eigenvalue weighted by molar-refractivity contribution is -0.161. The van der Waals surface area contributed by atoms with Crippen LogP contribution in [0.25, 0.3) is 0 Å². The van der Waals surface area contributed by atoms with E-state index in [1.807, 2.05) is 0 Å². The van der Waals surface area contributed by atoms with E-state index in [-0.39, 0.29) is 25.9 Å². The molecule has 11 nitrogen and oxygen atoms in total. The molecule has 0 rings (SSSR count). The highest BCUT2D eigenvalue weighted by Crippen LogP contribution is 2.43. The van der Waals surface area contributed by atoms with E-state index in [1.165, 1.54) is 89.9 Å². The van der Waals surface area contributed by atoms with Crippen molar-refractivity contribution in [1.82, 2.24) is 0 Å². The third kappa shape index (κ3) is 52.1. The minimum absolute atomic E-state index is 0.156. The van der Waals surface area contributed by atoms with Gasteiger partial charge < -0.3 is 24.2 Å². The van der Waals surface area contributed by atoms with E-state index in [0.717, 1.165) is 116 Å². The first-order valence-corrected chi connectivity index (χ1v) is 30.7. The zero-order chi connectivity index (χ0) is 52.7. The molecule has 418 valence electrons. The lowest BCUT2D eigenvalue weighted by Crippen LogP contribution is -2.30. The first-order chi connectivity index (χ1) is 35.2. The summed E-state index contributed by atoms with van der Waals surface area (Å²) < 4.78 is 39.5. The number of phosphoric ester groups is 1. The maximum Gasteiger partial charge on any atom is 0.472 e. The Bertz CT molecular complexity index is 1440. The van der Waals surface area contributed by atoms with Gasteiger partial charge >= 0.3 is 25.7 Å². The second-order valence-corrected chi connectivity index (χ2v) is 20.9. The largest absolute Gasteiger partial charge is 0.472 e. The summed E-state index contributed by atoms with van der Waals surface area (Å²) in [6.07, 6.45) is 58.9. The van der Waals surface area contributed by atoms with Gasteiger partial charge in [-0.1, -0.05) is 204 Å². The van der Waals surface area contributed by atoms with Gasteiger partial charge in [-0.05, 0) is 103 Å². The molecule has 0 aliphatic carbocycles. The van der Waals surface area contributed by atoms with E-state index in [2.05, 4.69) is 81.5 Å². The molecule has 72 heavy (non-hydrogen) atoms. The molecule has 0 aromatic carbocycles. The number of ether oxygens (including phenoxy) is 3. The van der Waals surface area contributed by atoms with Crippen molar-refractivity contribution >= 4 is 25.7 Å². The molecule has 12 heteroatoms. The topological polar surface area (TPSA) is 155 Å². The van der Waals surface area contributed by atoms with Crippen molar-refractivity contribution in [2.24, 2.45) is 0 Å². The van der Waals surface area contributed by atoms with Gasteiger partial charge in [0.2, 0.25) is 0 Å². The van der Waals surface area contributed by atoms with Crippen molar-refractivity contribution in [1.29, 1.82) is 0 Å². The van der Waals surface area contributed by atoms with Crippen molar-refractivity contribution < 1.29 is 52.2 Å². The molecule has 0 aromatic heterocycles. The first kappa shape index (κ1) is 69.2. The Morgan fingerprint density at radius 3 is 1.08 bits per heavy atom. The Balaban J connectivity index is 4.68. The Labute approximate surface area is 440 Å². The number of esters is 3. The van der Waals surface area contributed by atoms with Crippen LogP contribution in [-0.2, 0) is 42.2 Å². The van der Waals surface area contributed by atoms with E-state index in [0.29, 0.717) is 19.3 Å². The highest BCUT2D eigenvalue weighted by Gasteiger charge is 2.28. The van der Waals surface area contributed by atoms with E-state index in [9.17, 15) is 28.9 Å². The lowest BCUT2D eigenvalue weighted by Gasteiger charge is -2.21. The molecular weight excluding hydrogens is 928 g/mol. The van der Waals surface area contributed by atoms with Crippen LogP contribution in [0.15, 0.2) is 60.8 Å². The Hall–Kier alpha value is -2.82. The number of aliphatic hydroxyl groups excluding tert-OH is 1. The SMILES string of the molecule is CCCC/C=C\CCCCCCCC(=O)OCC(COP(=O)(O)OCC(CO)OC(=O)CCCCCCCCC/C=C\C/C=C\CCCCC)OC(=O)CCCCCCCCC/C=C\C/C=C\CCCCC. The van der Waals surface area contributed by atoms with Crippen molar-refractivity contribution in [3.05, 3.63) is 60.8 Å². The number of hydrogen-bond donors (Lipinski definition) is 2. The summed E-state index contributed by atoms with van der Waals surface area (Å²) in [5, 5.41) is 9.82. The van der Waals surface area contributed by atoms with Crippen LogP contribution in [-0.4, -0.2) is 66.5 Å². The van der Waals surface area contributed by atoms with Gasteiger partial charge in [-0.15, -0.1) is 0 Å². The quantitative estimate of drug-likeness (QED) is 0.0197. The third-order valence-corrected chi connectivity index (χ3v) is 13.3. The van der Waals surface area contributed by atoms with Gasteiger partial charge in [-0.2, -0.15) is 0 Å². The molecule has 0 amide bonds. The second kappa shape index (κ2) is 54.4. The third-order valence-electron chi connectivity index (χ3n) is 12.4. The summed E-state index contributed by atoms with van der Waals surface area (Å²) in [5.74, 6) is -1.49. The second-order valence-electron chi connectivity index (χ2n) is 19.4. The van der Waals surface area contributed by atoms with Crippen LogP contribution in [0.3, 0.4) is 0 Å². The smallest absolute Gasteiger partial charge is 0.462 e. The predicted molar refractivity (Wildman–Crippen MR) is 298 cm³/mol. The highest BCUT2D eigenvalue weighted by molar-refractivity contribution is 7.47. The Morgan fingerprint density at radius 1 is 0.389 bits per heavy atom. The van der Waals surface area contributed by atoms with E-state index in [1.54, 1.807) is 0 Å². The number of unbranched alkanes of at least 4 members (excludes halogenated alkanes) is 27. The average Bonchev–Trinajstić information content (AvgIpc) is 3.37. The minimum atomic E-state index is -4.75. The maximum atomic E-state index is 12.9. The van der Waals surface area contributed by atoms with Gasteiger partial charge in [0.15, 0.2) is 6.10 Å². The van der Waals surface area contributed by atoms with Crippen LogP contribution in [0.5, 0.6) is 0 Å². The fourth-order valence-corrected chi connectivity index (χ4v) is 8.65. The zero-order valence-electron chi connectivity index (χ0n) is 46.1. The number of aliphatic hydroxyl groups is 1. The van der Waals surface area contributed by atoms with Crippen molar-refractivity contribution in [3.8, 4) is 0 Å². The summed E-state index contributed by atoms with van der Waals surface area (Å²) in [4.78, 5) is 48.5. The molecule has 0 fully saturated rings. The van der Waals surface area contributed by atoms with Crippen LogP contribution in [0, 0.1) is 0 Å². The fraction of sp³-hybridized carbons (Fsp3) is 0.783. The molecule has 0 saturated heterocycles. The zero-order valence-corrected chi connectivity index (χ0v) is 47.0. The molecule has 0 heterocycles. The van der Waals surface area contributed by atoms with Gasteiger partial charge in [0.1, 0.15) is 12.7 Å². The molecule has 0 spiro atoms. The summed E-state index contributed by atoms with van der Waals surface area (Å²) in [6, 6.07) is 0. The molecule has 3 atom stereocenters. The molecule has 0 aliphatic heterocycles. The van der Waals surface area contributed by atoms with Crippen LogP contribution in [0.2, 0.25) is 0 Å². The molecule has 0 saturated carbocycles. The molecule has 0 bridgehead atoms. The van der Waals surface area contributed by atoms with Gasteiger partial charge in [-0.3, -0.25) is 23.4 Å². The van der Waals surface area contributed by atoms with Crippen molar-refractivity contribution in [2.75, 3.05) is 26.4 Å². The van der Waals surface area contributed by atoms with Gasteiger partial charge in [-0.25, -0.2) is 4.57 Å². The van der Waals surface area contributed by atoms with Gasteiger partial charge in [0, 0.05) is 19.3 Å². The summed E-state index contributed by atoms with van der Waals surface area (Å²) in [5.41, 5.74) is 0. The van der Waals surface area contributed by atoms with E-state index < -0.39 is 57.8 Å². The monoisotopic (exact) mass is 1030 g/mol. The normalized spacial score (nSPS) is 13.8. The molecule has 3 unspecified atom stereocenters. The molecule has 0 radical (unpaired) electrons. The first-order valence-electron chi connectivity index (χ1n) is 29.2. The minimum Gasteiger partial charge on any atom is -0.462 e. The lowest BCUT2D eigenvalue weighted by atomic mass is 10.1. The fourth-order valence-electron chi connectivity index (χ4n) is 7.87. The van der Waals surface area contributed by atoms with Crippen LogP contribution >= 0.6 is 7.82 Å². The van der Waals surface area contributed by atoms with Crippen molar-refractivity contribution in [2.45, 2.75) is 277 Å². The standard InChI is InChI=1S/C60H107O11P/c1-4-7-10-13-16-19-22-24-26-28-30-32-35-38-41-44-47-50-59(63)70-56(52-61)54-68-72(65,66)69-55-57(53-67-58(62)49-46-43-40-37-34-21-18-15-12-9-6-3)71-60(64)51-48-45-42-39-36-33-31-29-27-25-23-20-17-14-11-8-5-2/h15-20,24-27,56-57,61H,4-14,21-23,28-55H2,1-3H3,(H,65,66)/b18-15-,19-16-,20-17-,26-24-,27-25-. The molecule has 2 N–H and O–H groups in total. The van der Waals surface area contributed by atoms with Gasteiger partial charge in [0.05, 0.1) is 19.8 Å². The summed E-state index contributed by atoms with van der Waals surface area (Å²) >= 11 is 0. The van der Waals surface area contributed by atoms with Crippen LogP contribution in [0.1, 0.15) is 265 Å². The highest BCUT2D eigenvalue weighted by atomic mass is 31.2. The molecular formula is C60H107O11P. The number of phosphoric acid groups is 1. The Kier molecular flexibility index (Phi) is 52.3. The number of carbonyl (C=O) groups is 3. The molecule has 0 aliphatic rings. The number of hydrogen-bond acceptors (Lipinski definition) is 10. The van der Waals surface area contributed by atoms with Crippen molar-refractivity contribution in [3.63, 3.8) is 0 Å². The maximum absolute atomic E-state index is 12.9. The number of carbonyl (C=O) groups excluding carboxylic acids is 3. The number of rotatable bonds is 54. The van der Waals surface area contributed by atoms with Crippen LogP contribution < -0.4 is 0 Å². The Morgan fingerprint density at radius 2 is 0.694 bits per heavy atom. The van der Waals surface area contributed by atoms with E-state index in [4.69, 9.17) is 23.3 Å².